The van der Waals surface area contributed by atoms with Crippen LogP contribution in [0.2, 0.25) is 0 Å². The molecule has 1 heterocycles. The van der Waals surface area contributed by atoms with Crippen LogP contribution in [0.3, 0.4) is 0 Å². The van der Waals surface area contributed by atoms with Gasteiger partial charge in [-0.3, -0.25) is 10.1 Å². The molecule has 0 aliphatic rings. The van der Waals surface area contributed by atoms with E-state index in [1.807, 2.05) is 0 Å². The van der Waals surface area contributed by atoms with Crippen molar-refractivity contribution in [3.63, 3.8) is 0 Å². The van der Waals surface area contributed by atoms with Gasteiger partial charge >= 0.3 is 0 Å². The Morgan fingerprint density at radius 1 is 1.71 bits per heavy atom. The Labute approximate surface area is 80.7 Å². The Morgan fingerprint density at radius 3 is 2.86 bits per heavy atom. The average molecular weight is 197 g/mol. The topological polar surface area (TPSA) is 88.3 Å². The minimum Gasteiger partial charge on any atom is -0.392 e. The Morgan fingerprint density at radius 2 is 2.43 bits per heavy atom. The van der Waals surface area contributed by atoms with Gasteiger partial charge in [0.2, 0.25) is 0 Å². The van der Waals surface area contributed by atoms with E-state index < -0.39 is 11.0 Å². The quantitative estimate of drug-likeness (QED) is 0.550. The van der Waals surface area contributed by atoms with Crippen molar-refractivity contribution in [3.8, 4) is 0 Å². The number of nitrogens with one attached hydrogen (secondary N) is 1. The molecule has 6 nitrogen and oxygen atoms in total. The van der Waals surface area contributed by atoms with Crippen LogP contribution < -0.4 is 5.32 Å². The summed E-state index contributed by atoms with van der Waals surface area (Å²) in [7, 11) is 0. The highest BCUT2D eigenvalue weighted by Gasteiger charge is 2.04. The van der Waals surface area contributed by atoms with Crippen LogP contribution in [-0.2, 0) is 0 Å². The van der Waals surface area contributed by atoms with Gasteiger partial charge in [0.05, 0.1) is 11.0 Å². The molecule has 2 N–H and O–H groups in total. The molecular weight excluding hydrogens is 186 g/mol. The second-order valence-corrected chi connectivity index (χ2v) is 2.89. The van der Waals surface area contributed by atoms with Crippen molar-refractivity contribution >= 4 is 11.5 Å². The lowest BCUT2D eigenvalue weighted by atomic mass is 10.4. The molecule has 0 aliphatic carbocycles. The predicted molar refractivity (Wildman–Crippen MR) is 51.1 cm³/mol. The lowest BCUT2D eigenvalue weighted by Gasteiger charge is -2.06. The first-order valence-corrected chi connectivity index (χ1v) is 4.12. The first-order chi connectivity index (χ1) is 6.59. The number of aliphatic hydroxyl groups excluding tert-OH is 1. The molecule has 14 heavy (non-hydrogen) atoms. The zero-order valence-corrected chi connectivity index (χ0v) is 7.67. The van der Waals surface area contributed by atoms with E-state index in [0.29, 0.717) is 12.4 Å². The van der Waals surface area contributed by atoms with Gasteiger partial charge in [-0.15, -0.1) is 0 Å². The van der Waals surface area contributed by atoms with E-state index in [4.69, 9.17) is 5.11 Å². The van der Waals surface area contributed by atoms with Crippen LogP contribution in [0.25, 0.3) is 0 Å². The number of anilines is 1. The second-order valence-electron chi connectivity index (χ2n) is 2.89. The van der Waals surface area contributed by atoms with Crippen molar-refractivity contribution in [2.24, 2.45) is 0 Å². The van der Waals surface area contributed by atoms with E-state index in [2.05, 4.69) is 10.3 Å². The molecule has 1 atom stereocenters. The van der Waals surface area contributed by atoms with Crippen molar-refractivity contribution in [2.75, 3.05) is 11.9 Å². The van der Waals surface area contributed by atoms with E-state index >= 15 is 0 Å². The minimum absolute atomic E-state index is 0.0485. The zero-order chi connectivity index (χ0) is 10.6. The largest absolute Gasteiger partial charge is 0.392 e. The van der Waals surface area contributed by atoms with Crippen molar-refractivity contribution < 1.29 is 10.0 Å². The molecule has 0 bridgehead atoms. The standard InChI is InChI=1S/C8H11N3O3/c1-6(12)4-9-8-3-2-7(5-10-8)11(13)14/h2-3,5-6,12H,4H2,1H3,(H,9,10). The first kappa shape index (κ1) is 10.4. The van der Waals surface area contributed by atoms with Crippen LogP contribution in [0, 0.1) is 10.1 Å². The summed E-state index contributed by atoms with van der Waals surface area (Å²) in [4.78, 5) is 13.6. The van der Waals surface area contributed by atoms with Crippen molar-refractivity contribution in [1.82, 2.24) is 4.98 Å². The predicted octanol–water partition coefficient (Wildman–Crippen LogP) is 0.782. The molecule has 1 unspecified atom stereocenters. The smallest absolute Gasteiger partial charge is 0.287 e. The average Bonchev–Trinajstić information content (AvgIpc) is 2.15. The van der Waals surface area contributed by atoms with Gasteiger partial charge in [0.15, 0.2) is 0 Å². The molecule has 1 aromatic heterocycles. The van der Waals surface area contributed by atoms with Gasteiger partial charge in [0.25, 0.3) is 5.69 Å². The maximum absolute atomic E-state index is 10.3. The molecular formula is C8H11N3O3. The molecule has 0 spiro atoms. The van der Waals surface area contributed by atoms with E-state index in [9.17, 15) is 10.1 Å². The van der Waals surface area contributed by atoms with E-state index in [0.717, 1.165) is 0 Å². The maximum Gasteiger partial charge on any atom is 0.287 e. The molecule has 76 valence electrons. The third-order valence-corrected chi connectivity index (χ3v) is 1.54. The highest BCUT2D eigenvalue weighted by Crippen LogP contribution is 2.11. The molecule has 0 amide bonds. The number of aromatic nitrogens is 1. The SMILES string of the molecule is CC(O)CNc1ccc([N+](=O)[O-])cn1. The monoisotopic (exact) mass is 197 g/mol. The molecule has 1 aromatic rings. The summed E-state index contributed by atoms with van der Waals surface area (Å²) in [6.07, 6.45) is 0.691. The van der Waals surface area contributed by atoms with Gasteiger partial charge in [-0.25, -0.2) is 4.98 Å². The molecule has 0 aliphatic heterocycles. The van der Waals surface area contributed by atoms with Crippen LogP contribution in [0.4, 0.5) is 11.5 Å². The van der Waals surface area contributed by atoms with Crippen molar-refractivity contribution in [2.45, 2.75) is 13.0 Å². The third kappa shape index (κ3) is 2.98. The van der Waals surface area contributed by atoms with E-state index in [1.165, 1.54) is 18.3 Å². The summed E-state index contributed by atoms with van der Waals surface area (Å²) in [6.45, 7) is 2.00. The van der Waals surface area contributed by atoms with E-state index in [1.54, 1.807) is 6.92 Å². The molecule has 0 saturated carbocycles. The molecule has 6 heteroatoms. The Bertz CT molecular complexity index is 310. The Kier molecular flexibility index (Phi) is 3.35. The molecule has 1 rings (SSSR count). The highest BCUT2D eigenvalue weighted by atomic mass is 16.6. The van der Waals surface area contributed by atoms with Crippen LogP contribution >= 0.6 is 0 Å². The summed E-state index contributed by atoms with van der Waals surface area (Å²) in [5.74, 6) is 0.511. The van der Waals surface area contributed by atoms with Gasteiger partial charge in [0, 0.05) is 12.6 Å². The van der Waals surface area contributed by atoms with Gasteiger partial charge in [-0.2, -0.15) is 0 Å². The third-order valence-electron chi connectivity index (χ3n) is 1.54. The van der Waals surface area contributed by atoms with Gasteiger partial charge < -0.3 is 10.4 Å². The number of nitro groups is 1. The zero-order valence-electron chi connectivity index (χ0n) is 7.67. The van der Waals surface area contributed by atoms with Gasteiger partial charge in [-0.05, 0) is 13.0 Å². The summed E-state index contributed by atoms with van der Waals surface area (Å²) >= 11 is 0. The lowest BCUT2D eigenvalue weighted by molar-refractivity contribution is -0.385. The number of rotatable bonds is 4. The van der Waals surface area contributed by atoms with Gasteiger partial charge in [-0.1, -0.05) is 0 Å². The minimum atomic E-state index is -0.508. The number of pyridine rings is 1. The fraction of sp³-hybridized carbons (Fsp3) is 0.375. The number of hydrogen-bond donors (Lipinski definition) is 2. The summed E-state index contributed by atoms with van der Waals surface area (Å²) in [5, 5.41) is 22.1. The first-order valence-electron chi connectivity index (χ1n) is 4.12. The fourth-order valence-electron chi connectivity index (χ4n) is 0.851. The molecule has 0 fully saturated rings. The molecule has 0 aromatic carbocycles. The maximum atomic E-state index is 10.3. The number of hydrogen-bond acceptors (Lipinski definition) is 5. The summed E-state index contributed by atoms with van der Waals surface area (Å²) in [6, 6.07) is 2.86. The van der Waals surface area contributed by atoms with Crippen LogP contribution in [0.5, 0.6) is 0 Å². The van der Waals surface area contributed by atoms with Gasteiger partial charge in [0.1, 0.15) is 12.0 Å². The molecule has 0 saturated heterocycles. The highest BCUT2D eigenvalue weighted by molar-refractivity contribution is 5.40. The normalized spacial score (nSPS) is 12.1. The number of nitrogens with zero attached hydrogens (tertiary/aromatic N) is 2. The van der Waals surface area contributed by atoms with Crippen molar-refractivity contribution in [1.29, 1.82) is 0 Å². The fourth-order valence-corrected chi connectivity index (χ4v) is 0.851. The van der Waals surface area contributed by atoms with Crippen LogP contribution in [-0.4, -0.2) is 27.7 Å². The van der Waals surface area contributed by atoms with Crippen LogP contribution in [0.1, 0.15) is 6.92 Å². The Balaban J connectivity index is 2.60. The van der Waals surface area contributed by atoms with Crippen LogP contribution in [0.15, 0.2) is 18.3 Å². The second kappa shape index (κ2) is 4.52. The summed E-state index contributed by atoms with van der Waals surface area (Å²) in [5.41, 5.74) is -0.0485. The van der Waals surface area contributed by atoms with E-state index in [-0.39, 0.29) is 5.69 Å². The Hall–Kier alpha value is -1.69. The lowest BCUT2D eigenvalue weighted by Crippen LogP contribution is -2.15. The molecule has 0 radical (unpaired) electrons. The van der Waals surface area contributed by atoms with Crippen molar-refractivity contribution in [3.05, 3.63) is 28.4 Å². The number of aliphatic hydroxyl groups is 1. The summed E-state index contributed by atoms with van der Waals surface area (Å²) < 4.78 is 0.